The zero-order valence-electron chi connectivity index (χ0n) is 12.8. The standard InChI is InChI=1S/C17H20N2O3/c1-13-8-9-15(16(12-13)21-2)22-11-10-18-17(20)19-14-6-4-3-5-7-14/h3-9,12H,10-11H2,1-2H3,(H2,18,19,20). The molecule has 5 heteroatoms. The molecule has 0 saturated carbocycles. The van der Waals surface area contributed by atoms with Crippen molar-refractivity contribution in [3.05, 3.63) is 54.1 Å². The van der Waals surface area contributed by atoms with Crippen LogP contribution in [0.4, 0.5) is 10.5 Å². The maximum Gasteiger partial charge on any atom is 0.319 e. The van der Waals surface area contributed by atoms with Gasteiger partial charge in [0.25, 0.3) is 0 Å². The number of carbonyl (C=O) groups excluding carboxylic acids is 1. The largest absolute Gasteiger partial charge is 0.493 e. The molecule has 0 spiro atoms. The van der Waals surface area contributed by atoms with Gasteiger partial charge >= 0.3 is 6.03 Å². The molecule has 2 rings (SSSR count). The first-order chi connectivity index (χ1) is 10.7. The molecule has 0 aliphatic heterocycles. The smallest absolute Gasteiger partial charge is 0.319 e. The van der Waals surface area contributed by atoms with Crippen molar-refractivity contribution >= 4 is 11.7 Å². The number of rotatable bonds is 6. The molecule has 0 atom stereocenters. The molecule has 0 aliphatic carbocycles. The normalized spacial score (nSPS) is 9.91. The van der Waals surface area contributed by atoms with E-state index >= 15 is 0 Å². The minimum Gasteiger partial charge on any atom is -0.493 e. The number of hydrogen-bond acceptors (Lipinski definition) is 3. The molecule has 22 heavy (non-hydrogen) atoms. The van der Waals surface area contributed by atoms with E-state index < -0.39 is 0 Å². The quantitative estimate of drug-likeness (QED) is 0.805. The van der Waals surface area contributed by atoms with Crippen LogP contribution in [0.15, 0.2) is 48.5 Å². The zero-order valence-corrected chi connectivity index (χ0v) is 12.8. The van der Waals surface area contributed by atoms with E-state index in [9.17, 15) is 4.79 Å². The highest BCUT2D eigenvalue weighted by Crippen LogP contribution is 2.27. The first-order valence-corrected chi connectivity index (χ1v) is 7.06. The first kappa shape index (κ1) is 15.7. The molecule has 0 saturated heterocycles. The molecule has 2 aromatic rings. The van der Waals surface area contributed by atoms with Crippen molar-refractivity contribution < 1.29 is 14.3 Å². The number of ether oxygens (including phenoxy) is 2. The molecule has 0 aromatic heterocycles. The lowest BCUT2D eigenvalue weighted by atomic mass is 10.2. The SMILES string of the molecule is COc1cc(C)ccc1OCCNC(=O)Nc1ccccc1. The van der Waals surface area contributed by atoms with E-state index in [0.717, 1.165) is 11.3 Å². The zero-order chi connectivity index (χ0) is 15.8. The molecule has 2 aromatic carbocycles. The van der Waals surface area contributed by atoms with Gasteiger partial charge in [0.1, 0.15) is 6.61 Å². The molecule has 0 heterocycles. The summed E-state index contributed by atoms with van der Waals surface area (Å²) in [5.74, 6) is 1.35. The third kappa shape index (κ3) is 4.70. The highest BCUT2D eigenvalue weighted by Gasteiger charge is 2.05. The summed E-state index contributed by atoms with van der Waals surface area (Å²) in [6, 6.07) is 14.7. The monoisotopic (exact) mass is 300 g/mol. The van der Waals surface area contributed by atoms with Crippen LogP contribution in [-0.2, 0) is 0 Å². The number of anilines is 1. The van der Waals surface area contributed by atoms with Gasteiger partial charge in [0.15, 0.2) is 11.5 Å². The summed E-state index contributed by atoms with van der Waals surface area (Å²) in [6.45, 7) is 2.75. The van der Waals surface area contributed by atoms with Crippen molar-refractivity contribution in [2.75, 3.05) is 25.6 Å². The highest BCUT2D eigenvalue weighted by atomic mass is 16.5. The predicted octanol–water partition coefficient (Wildman–Crippen LogP) is 3.20. The van der Waals surface area contributed by atoms with E-state index in [2.05, 4.69) is 10.6 Å². The Hall–Kier alpha value is -2.69. The van der Waals surface area contributed by atoms with Crippen molar-refractivity contribution in [3.63, 3.8) is 0 Å². The number of benzene rings is 2. The second kappa shape index (κ2) is 7.93. The molecular weight excluding hydrogens is 280 g/mol. The average molecular weight is 300 g/mol. The predicted molar refractivity (Wildman–Crippen MR) is 86.7 cm³/mol. The Labute approximate surface area is 130 Å². The number of methoxy groups -OCH3 is 1. The lowest BCUT2D eigenvalue weighted by molar-refractivity contribution is 0.246. The molecule has 0 radical (unpaired) electrons. The van der Waals surface area contributed by atoms with Gasteiger partial charge in [-0.2, -0.15) is 0 Å². The van der Waals surface area contributed by atoms with Gasteiger partial charge in [0, 0.05) is 5.69 Å². The van der Waals surface area contributed by atoms with Crippen LogP contribution in [0.3, 0.4) is 0 Å². The van der Waals surface area contributed by atoms with E-state index in [-0.39, 0.29) is 6.03 Å². The summed E-state index contributed by atoms with van der Waals surface area (Å²) < 4.78 is 10.9. The topological polar surface area (TPSA) is 59.6 Å². The maximum atomic E-state index is 11.7. The number of hydrogen-bond donors (Lipinski definition) is 2. The van der Waals surface area contributed by atoms with Gasteiger partial charge in [-0.1, -0.05) is 24.3 Å². The van der Waals surface area contributed by atoms with Crippen LogP contribution in [0.1, 0.15) is 5.56 Å². The van der Waals surface area contributed by atoms with E-state index in [4.69, 9.17) is 9.47 Å². The van der Waals surface area contributed by atoms with Gasteiger partial charge in [0.2, 0.25) is 0 Å². The van der Waals surface area contributed by atoms with Crippen molar-refractivity contribution in [2.24, 2.45) is 0 Å². The average Bonchev–Trinajstić information content (AvgIpc) is 2.53. The molecule has 116 valence electrons. The molecule has 0 fully saturated rings. The van der Waals surface area contributed by atoms with Gasteiger partial charge in [-0.3, -0.25) is 0 Å². The fraction of sp³-hybridized carbons (Fsp3) is 0.235. The summed E-state index contributed by atoms with van der Waals surface area (Å²) >= 11 is 0. The van der Waals surface area contributed by atoms with Crippen LogP contribution in [0, 0.1) is 6.92 Å². The van der Waals surface area contributed by atoms with E-state index in [0.29, 0.717) is 24.7 Å². The minimum atomic E-state index is -0.259. The Bertz CT molecular complexity index is 615. The van der Waals surface area contributed by atoms with Crippen LogP contribution in [0.2, 0.25) is 0 Å². The number of carbonyl (C=O) groups is 1. The van der Waals surface area contributed by atoms with Crippen LogP contribution in [0.25, 0.3) is 0 Å². The van der Waals surface area contributed by atoms with Gasteiger partial charge < -0.3 is 20.1 Å². The number of amides is 2. The highest BCUT2D eigenvalue weighted by molar-refractivity contribution is 5.89. The summed E-state index contributed by atoms with van der Waals surface area (Å²) in [6.07, 6.45) is 0. The fourth-order valence-corrected chi connectivity index (χ4v) is 1.92. The summed E-state index contributed by atoms with van der Waals surface area (Å²) in [7, 11) is 1.60. The second-order valence-corrected chi connectivity index (χ2v) is 4.75. The molecule has 0 bridgehead atoms. The Morgan fingerprint density at radius 1 is 1.09 bits per heavy atom. The Balaban J connectivity index is 1.74. The molecular formula is C17H20N2O3. The van der Waals surface area contributed by atoms with Crippen molar-refractivity contribution in [2.45, 2.75) is 6.92 Å². The van der Waals surface area contributed by atoms with Crippen molar-refractivity contribution in [3.8, 4) is 11.5 Å². The number of nitrogens with one attached hydrogen (secondary N) is 2. The minimum absolute atomic E-state index is 0.259. The number of urea groups is 1. The molecule has 2 amide bonds. The van der Waals surface area contributed by atoms with Crippen molar-refractivity contribution in [1.29, 1.82) is 0 Å². The van der Waals surface area contributed by atoms with Crippen LogP contribution in [-0.4, -0.2) is 26.3 Å². The lowest BCUT2D eigenvalue weighted by Gasteiger charge is -2.12. The van der Waals surface area contributed by atoms with E-state index in [1.165, 1.54) is 0 Å². The Morgan fingerprint density at radius 2 is 1.86 bits per heavy atom. The van der Waals surface area contributed by atoms with E-state index in [1.54, 1.807) is 7.11 Å². The van der Waals surface area contributed by atoms with Gasteiger partial charge in [-0.15, -0.1) is 0 Å². The van der Waals surface area contributed by atoms with Crippen LogP contribution >= 0.6 is 0 Å². The fourth-order valence-electron chi connectivity index (χ4n) is 1.92. The van der Waals surface area contributed by atoms with E-state index in [1.807, 2.05) is 55.5 Å². The lowest BCUT2D eigenvalue weighted by Crippen LogP contribution is -2.32. The Kier molecular flexibility index (Phi) is 5.65. The Morgan fingerprint density at radius 3 is 2.59 bits per heavy atom. The van der Waals surface area contributed by atoms with Crippen LogP contribution in [0.5, 0.6) is 11.5 Å². The summed E-state index contributed by atoms with van der Waals surface area (Å²) in [5.41, 5.74) is 1.85. The van der Waals surface area contributed by atoms with Crippen molar-refractivity contribution in [1.82, 2.24) is 5.32 Å². The van der Waals surface area contributed by atoms with Gasteiger partial charge in [-0.25, -0.2) is 4.79 Å². The summed E-state index contributed by atoms with van der Waals surface area (Å²) in [4.78, 5) is 11.7. The number of aryl methyl sites for hydroxylation is 1. The maximum absolute atomic E-state index is 11.7. The number of para-hydroxylation sites is 1. The third-order valence-electron chi connectivity index (χ3n) is 3.00. The van der Waals surface area contributed by atoms with Gasteiger partial charge in [0.05, 0.1) is 13.7 Å². The van der Waals surface area contributed by atoms with Gasteiger partial charge in [-0.05, 0) is 36.8 Å². The molecule has 5 nitrogen and oxygen atoms in total. The first-order valence-electron chi connectivity index (χ1n) is 7.06. The van der Waals surface area contributed by atoms with Crippen LogP contribution < -0.4 is 20.1 Å². The molecule has 0 unspecified atom stereocenters. The second-order valence-electron chi connectivity index (χ2n) is 4.75. The summed E-state index contributed by atoms with van der Waals surface area (Å²) in [5, 5.41) is 5.47. The molecule has 0 aliphatic rings. The third-order valence-corrected chi connectivity index (χ3v) is 3.00. The molecule has 2 N–H and O–H groups in total.